The van der Waals surface area contributed by atoms with Gasteiger partial charge in [0, 0.05) is 15.1 Å². The molecule has 0 bridgehead atoms. The minimum Gasteiger partial charge on any atom is -0.207 e. The van der Waals surface area contributed by atoms with Gasteiger partial charge >= 0.3 is 0 Å². The summed E-state index contributed by atoms with van der Waals surface area (Å²) in [4.78, 5) is -0.528. The average molecular weight is 475 g/mol. The summed E-state index contributed by atoms with van der Waals surface area (Å²) in [5.74, 6) is -1.03. The maximum atomic E-state index is 13.9. The maximum Gasteiger partial charge on any atom is 0.137 e. The Morgan fingerprint density at radius 3 is 2.32 bits per heavy atom. The number of rotatable bonds is 2. The molecular weight excluding hydrogens is 469 g/mol. The summed E-state index contributed by atoms with van der Waals surface area (Å²) in [7, 11) is 0. The fourth-order valence-corrected chi connectivity index (χ4v) is 3.39. The van der Waals surface area contributed by atoms with E-state index in [1.165, 1.54) is 0 Å². The fourth-order valence-electron chi connectivity index (χ4n) is 1.61. The standard InChI is InChI=1S/C13H6Br3ClF2/c14-6-1-2-10(17)7(3-6)13(16)8-4-12(19)9(15)5-11(8)18/h1-5,13H. The third kappa shape index (κ3) is 3.38. The van der Waals surface area contributed by atoms with Gasteiger partial charge < -0.3 is 0 Å². The van der Waals surface area contributed by atoms with Crippen LogP contribution in [0.5, 0.6) is 0 Å². The van der Waals surface area contributed by atoms with Gasteiger partial charge in [0.25, 0.3) is 0 Å². The summed E-state index contributed by atoms with van der Waals surface area (Å²) in [6.07, 6.45) is 0. The Morgan fingerprint density at radius 1 is 0.947 bits per heavy atom. The van der Waals surface area contributed by atoms with E-state index >= 15 is 0 Å². The van der Waals surface area contributed by atoms with Gasteiger partial charge in [0.1, 0.15) is 11.6 Å². The van der Waals surface area contributed by atoms with Crippen LogP contribution in [0.4, 0.5) is 8.78 Å². The molecule has 0 fully saturated rings. The van der Waals surface area contributed by atoms with E-state index in [9.17, 15) is 8.78 Å². The van der Waals surface area contributed by atoms with Crippen molar-refractivity contribution in [3.05, 3.63) is 67.1 Å². The second kappa shape index (κ2) is 6.20. The molecule has 0 nitrogen and oxygen atoms in total. The van der Waals surface area contributed by atoms with Crippen molar-refractivity contribution in [1.29, 1.82) is 0 Å². The van der Waals surface area contributed by atoms with Crippen molar-refractivity contribution in [2.45, 2.75) is 4.83 Å². The Morgan fingerprint density at radius 2 is 1.63 bits per heavy atom. The van der Waals surface area contributed by atoms with Crippen LogP contribution >= 0.6 is 59.4 Å². The van der Waals surface area contributed by atoms with Crippen LogP contribution in [0.2, 0.25) is 5.02 Å². The summed E-state index contributed by atoms with van der Waals surface area (Å²) in [6, 6.07) is 7.49. The van der Waals surface area contributed by atoms with Crippen LogP contribution in [0.25, 0.3) is 0 Å². The fraction of sp³-hybridized carbons (Fsp3) is 0.0769. The van der Waals surface area contributed by atoms with E-state index in [0.717, 1.165) is 16.6 Å². The first kappa shape index (κ1) is 15.4. The lowest BCUT2D eigenvalue weighted by Crippen LogP contribution is -1.99. The second-order valence-electron chi connectivity index (χ2n) is 3.82. The molecular formula is C13H6Br3ClF2. The highest BCUT2D eigenvalue weighted by atomic mass is 79.9. The molecule has 100 valence electrons. The van der Waals surface area contributed by atoms with Crippen molar-refractivity contribution >= 4 is 59.4 Å². The Balaban J connectivity index is 2.52. The van der Waals surface area contributed by atoms with Crippen molar-refractivity contribution in [2.24, 2.45) is 0 Å². The quantitative estimate of drug-likeness (QED) is 0.338. The largest absolute Gasteiger partial charge is 0.207 e. The molecule has 0 N–H and O–H groups in total. The molecule has 0 saturated heterocycles. The summed E-state index contributed by atoms with van der Waals surface area (Å²) < 4.78 is 28.4. The molecule has 6 heteroatoms. The third-order valence-electron chi connectivity index (χ3n) is 2.54. The smallest absolute Gasteiger partial charge is 0.137 e. The highest BCUT2D eigenvalue weighted by molar-refractivity contribution is 9.10. The monoisotopic (exact) mass is 472 g/mol. The third-order valence-corrected chi connectivity index (χ3v) is 4.98. The molecule has 0 aliphatic heterocycles. The first-order chi connectivity index (χ1) is 8.90. The van der Waals surface area contributed by atoms with E-state index in [1.807, 2.05) is 0 Å². The van der Waals surface area contributed by atoms with Crippen LogP contribution < -0.4 is 0 Å². The molecule has 2 aromatic rings. The van der Waals surface area contributed by atoms with Gasteiger partial charge in [0.05, 0.1) is 9.30 Å². The predicted octanol–water partition coefficient (Wildman–Crippen LogP) is 6.63. The van der Waals surface area contributed by atoms with Gasteiger partial charge in [-0.15, -0.1) is 0 Å². The van der Waals surface area contributed by atoms with Crippen molar-refractivity contribution in [3.8, 4) is 0 Å². The Hall–Kier alpha value is 0.0300. The van der Waals surface area contributed by atoms with Crippen LogP contribution in [0.1, 0.15) is 16.0 Å². The summed E-state index contributed by atoms with van der Waals surface area (Å²) in [5.41, 5.74) is 0.859. The minimum atomic E-state index is -0.528. The lowest BCUT2D eigenvalue weighted by molar-refractivity contribution is 0.583. The van der Waals surface area contributed by atoms with Gasteiger partial charge in [0.15, 0.2) is 0 Å². The molecule has 2 rings (SSSR count). The number of alkyl halides is 1. The highest BCUT2D eigenvalue weighted by Gasteiger charge is 2.20. The van der Waals surface area contributed by atoms with Crippen molar-refractivity contribution < 1.29 is 8.78 Å². The van der Waals surface area contributed by atoms with Crippen LogP contribution in [-0.2, 0) is 0 Å². The molecule has 2 aromatic carbocycles. The van der Waals surface area contributed by atoms with E-state index in [1.54, 1.807) is 18.2 Å². The first-order valence-electron chi connectivity index (χ1n) is 5.13. The van der Waals surface area contributed by atoms with Crippen LogP contribution in [0.15, 0.2) is 39.3 Å². The van der Waals surface area contributed by atoms with Gasteiger partial charge in [-0.25, -0.2) is 8.78 Å². The molecule has 19 heavy (non-hydrogen) atoms. The number of hydrogen-bond acceptors (Lipinski definition) is 0. The van der Waals surface area contributed by atoms with E-state index in [2.05, 4.69) is 47.8 Å². The van der Waals surface area contributed by atoms with Crippen LogP contribution in [0.3, 0.4) is 0 Å². The van der Waals surface area contributed by atoms with Crippen LogP contribution in [0, 0.1) is 11.6 Å². The number of benzene rings is 2. The zero-order valence-corrected chi connectivity index (χ0v) is 14.7. The lowest BCUT2D eigenvalue weighted by atomic mass is 10.0. The zero-order valence-electron chi connectivity index (χ0n) is 9.23. The van der Waals surface area contributed by atoms with Crippen molar-refractivity contribution in [2.75, 3.05) is 0 Å². The molecule has 0 radical (unpaired) electrons. The van der Waals surface area contributed by atoms with Gasteiger partial charge in [0.2, 0.25) is 0 Å². The minimum absolute atomic E-state index is 0.0915. The van der Waals surface area contributed by atoms with Crippen molar-refractivity contribution in [1.82, 2.24) is 0 Å². The van der Waals surface area contributed by atoms with Gasteiger partial charge in [-0.2, -0.15) is 0 Å². The van der Waals surface area contributed by atoms with E-state index < -0.39 is 16.5 Å². The molecule has 0 heterocycles. The number of halogens is 6. The summed E-state index contributed by atoms with van der Waals surface area (Å²) >= 11 is 15.7. The van der Waals surface area contributed by atoms with E-state index in [0.29, 0.717) is 10.6 Å². The van der Waals surface area contributed by atoms with Gasteiger partial charge in [-0.1, -0.05) is 43.5 Å². The molecule has 1 unspecified atom stereocenters. The Bertz CT molecular complexity index is 632. The summed E-state index contributed by atoms with van der Waals surface area (Å²) in [5, 5.41) is 0.479. The molecule has 0 saturated carbocycles. The lowest BCUT2D eigenvalue weighted by Gasteiger charge is -2.14. The molecule has 0 aliphatic carbocycles. The summed E-state index contributed by atoms with van der Waals surface area (Å²) in [6.45, 7) is 0. The SMILES string of the molecule is Fc1cc(C(Br)c2cc(Br)ccc2Cl)c(F)cc1Br. The average Bonchev–Trinajstić information content (AvgIpc) is 2.36. The zero-order chi connectivity index (χ0) is 14.2. The van der Waals surface area contributed by atoms with Crippen molar-refractivity contribution in [3.63, 3.8) is 0 Å². The molecule has 0 aromatic heterocycles. The first-order valence-corrected chi connectivity index (χ1v) is 8.01. The Labute approximate surface area is 139 Å². The molecule has 0 aliphatic rings. The second-order valence-corrected chi connectivity index (χ2v) is 6.91. The van der Waals surface area contributed by atoms with Gasteiger partial charge in [-0.3, -0.25) is 0 Å². The number of hydrogen-bond donors (Lipinski definition) is 0. The normalized spacial score (nSPS) is 12.5. The Kier molecular flexibility index (Phi) is 5.04. The van der Waals surface area contributed by atoms with E-state index in [-0.39, 0.29) is 10.0 Å². The maximum absolute atomic E-state index is 13.9. The predicted molar refractivity (Wildman–Crippen MR) is 84.0 cm³/mol. The van der Waals surface area contributed by atoms with Gasteiger partial charge in [-0.05, 0) is 51.8 Å². The molecule has 1 atom stereocenters. The topological polar surface area (TPSA) is 0 Å². The molecule has 0 spiro atoms. The molecule has 0 amide bonds. The van der Waals surface area contributed by atoms with E-state index in [4.69, 9.17) is 11.6 Å². The highest BCUT2D eigenvalue weighted by Crippen LogP contribution is 2.38. The van der Waals surface area contributed by atoms with Crippen LogP contribution in [-0.4, -0.2) is 0 Å².